The minimum absolute atomic E-state index is 0. The molecule has 202 valence electrons. The number of anilines is 1. The van der Waals surface area contributed by atoms with Crippen LogP contribution in [0.4, 0.5) is 10.1 Å². The van der Waals surface area contributed by atoms with Crippen molar-refractivity contribution in [2.45, 2.75) is 25.9 Å². The Hall–Kier alpha value is -3.13. The van der Waals surface area contributed by atoms with Crippen molar-refractivity contribution in [2.75, 3.05) is 30.4 Å². The van der Waals surface area contributed by atoms with Crippen molar-refractivity contribution >= 4 is 41.5 Å². The van der Waals surface area contributed by atoms with Crippen molar-refractivity contribution in [1.82, 2.24) is 10.2 Å². The highest BCUT2D eigenvalue weighted by molar-refractivity contribution is 6.29. The van der Waals surface area contributed by atoms with Crippen molar-refractivity contribution in [3.05, 3.63) is 90.2 Å². The van der Waals surface area contributed by atoms with Gasteiger partial charge in [0.05, 0.1) is 0 Å². The van der Waals surface area contributed by atoms with E-state index in [1.165, 1.54) is 17.0 Å². The standard InChI is InChI=1S/C29H31ClFN3O3.ClH/c1-20(2)26-19-33(17-16-32-26)29(36)28(21-8-10-22(31)11-9-21)34(27(35)18-30)23-12-14-25(15-13-23)37-24-6-4-3-5-7-24;/h3-15,20,26,28,32H,16-19H2,1-2H3;1H/t26-,28+;/m0./s1. The van der Waals surface area contributed by atoms with Crippen molar-refractivity contribution in [3.63, 3.8) is 0 Å². The number of halogens is 3. The molecule has 0 spiro atoms. The number of alkyl halides is 1. The summed E-state index contributed by atoms with van der Waals surface area (Å²) in [5.41, 5.74) is 0.999. The van der Waals surface area contributed by atoms with Crippen LogP contribution in [0.3, 0.4) is 0 Å². The first-order chi connectivity index (χ1) is 17.9. The van der Waals surface area contributed by atoms with Gasteiger partial charge < -0.3 is 15.0 Å². The number of amides is 2. The van der Waals surface area contributed by atoms with E-state index in [2.05, 4.69) is 19.2 Å². The van der Waals surface area contributed by atoms with E-state index in [0.717, 1.165) is 0 Å². The second-order valence-corrected chi connectivity index (χ2v) is 9.62. The number of carbonyl (C=O) groups is 2. The molecule has 0 unspecified atom stereocenters. The van der Waals surface area contributed by atoms with Gasteiger partial charge in [-0.2, -0.15) is 0 Å². The maximum Gasteiger partial charge on any atom is 0.250 e. The molecule has 1 N–H and O–H groups in total. The van der Waals surface area contributed by atoms with Gasteiger partial charge in [0.2, 0.25) is 5.91 Å². The average Bonchev–Trinajstić information content (AvgIpc) is 2.93. The highest BCUT2D eigenvalue weighted by atomic mass is 35.5. The molecule has 0 radical (unpaired) electrons. The molecule has 1 heterocycles. The van der Waals surface area contributed by atoms with Gasteiger partial charge in [-0.05, 0) is 60.0 Å². The van der Waals surface area contributed by atoms with Crippen LogP contribution in [0.2, 0.25) is 0 Å². The summed E-state index contributed by atoms with van der Waals surface area (Å²) in [7, 11) is 0. The number of hydrogen-bond donors (Lipinski definition) is 1. The second kappa shape index (κ2) is 13.6. The summed E-state index contributed by atoms with van der Waals surface area (Å²) in [6, 6.07) is 21.1. The van der Waals surface area contributed by atoms with E-state index in [1.54, 1.807) is 41.3 Å². The number of rotatable bonds is 8. The lowest BCUT2D eigenvalue weighted by atomic mass is 9.98. The maximum absolute atomic E-state index is 14.0. The summed E-state index contributed by atoms with van der Waals surface area (Å²) in [4.78, 5) is 30.5. The molecule has 0 aliphatic carbocycles. The third kappa shape index (κ3) is 7.04. The zero-order valence-corrected chi connectivity index (χ0v) is 22.9. The van der Waals surface area contributed by atoms with Crippen molar-refractivity contribution in [1.29, 1.82) is 0 Å². The predicted octanol–water partition coefficient (Wildman–Crippen LogP) is 5.81. The van der Waals surface area contributed by atoms with Crippen LogP contribution in [0.5, 0.6) is 11.5 Å². The number of ether oxygens (including phenoxy) is 1. The molecule has 0 aromatic heterocycles. The minimum Gasteiger partial charge on any atom is -0.457 e. The molecule has 3 aromatic carbocycles. The Morgan fingerprint density at radius 3 is 2.26 bits per heavy atom. The quantitative estimate of drug-likeness (QED) is 0.354. The van der Waals surface area contributed by atoms with Crippen molar-refractivity contribution < 1.29 is 18.7 Å². The fraction of sp³-hybridized carbons (Fsp3) is 0.310. The summed E-state index contributed by atoms with van der Waals surface area (Å²) in [5.74, 6) is 0.191. The Kier molecular flexibility index (Phi) is 10.5. The molecule has 38 heavy (non-hydrogen) atoms. The molecule has 1 fully saturated rings. The molecule has 1 aliphatic rings. The van der Waals surface area contributed by atoms with E-state index in [-0.39, 0.29) is 30.2 Å². The van der Waals surface area contributed by atoms with Crippen LogP contribution < -0.4 is 15.0 Å². The van der Waals surface area contributed by atoms with Crippen LogP contribution in [0, 0.1) is 11.7 Å². The molecule has 0 bridgehead atoms. The molecule has 9 heteroatoms. The lowest BCUT2D eigenvalue weighted by Gasteiger charge is -2.40. The van der Waals surface area contributed by atoms with Gasteiger partial charge in [-0.25, -0.2) is 4.39 Å². The Labute approximate surface area is 234 Å². The van der Waals surface area contributed by atoms with Crippen LogP contribution in [0.15, 0.2) is 78.9 Å². The van der Waals surface area contributed by atoms with Gasteiger partial charge in [-0.1, -0.05) is 44.2 Å². The highest BCUT2D eigenvalue weighted by Crippen LogP contribution is 2.32. The van der Waals surface area contributed by atoms with Crippen LogP contribution >= 0.6 is 24.0 Å². The van der Waals surface area contributed by atoms with Gasteiger partial charge >= 0.3 is 0 Å². The smallest absolute Gasteiger partial charge is 0.250 e. The van der Waals surface area contributed by atoms with E-state index in [9.17, 15) is 14.0 Å². The minimum atomic E-state index is -1.00. The Morgan fingerprint density at radius 1 is 1.03 bits per heavy atom. The van der Waals surface area contributed by atoms with Crippen molar-refractivity contribution in [2.24, 2.45) is 5.92 Å². The number of carbonyl (C=O) groups excluding carboxylic acids is 2. The maximum atomic E-state index is 14.0. The molecule has 2 atom stereocenters. The first kappa shape index (κ1) is 29.4. The van der Waals surface area contributed by atoms with E-state index >= 15 is 0 Å². The van der Waals surface area contributed by atoms with Gasteiger partial charge in [0.25, 0.3) is 5.91 Å². The van der Waals surface area contributed by atoms with Crippen LogP contribution in [-0.2, 0) is 9.59 Å². The van der Waals surface area contributed by atoms with Gasteiger partial charge in [0, 0.05) is 31.4 Å². The first-order valence-electron chi connectivity index (χ1n) is 12.4. The zero-order chi connectivity index (χ0) is 26.4. The summed E-state index contributed by atoms with van der Waals surface area (Å²) >= 11 is 6.04. The Bertz CT molecular complexity index is 1190. The lowest BCUT2D eigenvalue weighted by Crippen LogP contribution is -2.57. The van der Waals surface area contributed by atoms with E-state index in [0.29, 0.717) is 48.3 Å². The summed E-state index contributed by atoms with van der Waals surface area (Å²) in [6.07, 6.45) is 0. The Morgan fingerprint density at radius 2 is 1.66 bits per heavy atom. The Balaban J connectivity index is 0.00000400. The zero-order valence-electron chi connectivity index (χ0n) is 21.3. The summed E-state index contributed by atoms with van der Waals surface area (Å²) in [5, 5.41) is 3.45. The largest absolute Gasteiger partial charge is 0.457 e. The van der Waals surface area contributed by atoms with Gasteiger partial charge in [-0.3, -0.25) is 14.5 Å². The van der Waals surface area contributed by atoms with E-state index in [1.807, 2.05) is 30.3 Å². The van der Waals surface area contributed by atoms with Crippen LogP contribution in [0.25, 0.3) is 0 Å². The fourth-order valence-electron chi connectivity index (χ4n) is 4.45. The van der Waals surface area contributed by atoms with Gasteiger partial charge in [0.15, 0.2) is 0 Å². The van der Waals surface area contributed by atoms with Crippen LogP contribution in [-0.4, -0.2) is 48.3 Å². The van der Waals surface area contributed by atoms with Gasteiger partial charge in [-0.15, -0.1) is 24.0 Å². The first-order valence-corrected chi connectivity index (χ1v) is 12.9. The molecule has 6 nitrogen and oxygen atoms in total. The number of piperazine rings is 1. The predicted molar refractivity (Wildman–Crippen MR) is 151 cm³/mol. The number of nitrogens with zero attached hydrogens (tertiary/aromatic N) is 2. The number of benzene rings is 3. The lowest BCUT2D eigenvalue weighted by molar-refractivity contribution is -0.135. The molecular formula is C29H32Cl2FN3O3. The number of hydrogen-bond acceptors (Lipinski definition) is 4. The molecule has 3 aromatic rings. The normalized spacial score (nSPS) is 15.9. The van der Waals surface area contributed by atoms with E-state index < -0.39 is 17.8 Å². The summed E-state index contributed by atoms with van der Waals surface area (Å²) < 4.78 is 19.7. The number of para-hydroxylation sites is 1. The molecule has 2 amide bonds. The third-order valence-electron chi connectivity index (χ3n) is 6.48. The SMILES string of the molecule is CC(C)[C@@H]1CN(C(=O)[C@@H](c2ccc(F)cc2)N(C(=O)CCl)c2ccc(Oc3ccccc3)cc2)CCN1.Cl. The molecular weight excluding hydrogens is 528 g/mol. The summed E-state index contributed by atoms with van der Waals surface area (Å²) in [6.45, 7) is 5.88. The fourth-order valence-corrected chi connectivity index (χ4v) is 4.57. The molecule has 1 saturated heterocycles. The monoisotopic (exact) mass is 559 g/mol. The highest BCUT2D eigenvalue weighted by Gasteiger charge is 2.37. The number of nitrogens with one attached hydrogen (secondary N) is 1. The molecule has 1 aliphatic heterocycles. The topological polar surface area (TPSA) is 61.9 Å². The second-order valence-electron chi connectivity index (χ2n) is 9.35. The molecule has 0 saturated carbocycles. The van der Waals surface area contributed by atoms with E-state index in [4.69, 9.17) is 16.3 Å². The van der Waals surface area contributed by atoms with Crippen LogP contribution in [0.1, 0.15) is 25.5 Å². The van der Waals surface area contributed by atoms with Gasteiger partial charge in [0.1, 0.15) is 29.2 Å². The average molecular weight is 560 g/mol. The molecule has 4 rings (SSSR count). The van der Waals surface area contributed by atoms with Crippen molar-refractivity contribution in [3.8, 4) is 11.5 Å². The third-order valence-corrected chi connectivity index (χ3v) is 6.71.